The number of rotatable bonds is 8. The Morgan fingerprint density at radius 1 is 0.385 bits per heavy atom. The largest absolute Gasteiger partial charge is 0.457 e. The highest BCUT2D eigenvalue weighted by Crippen LogP contribution is 2.37. The molecule has 5 aromatic heterocycles. The molecule has 1 aliphatic heterocycles. The topological polar surface area (TPSA) is 70.7 Å². The lowest BCUT2D eigenvalue weighted by atomic mass is 9.35. The summed E-state index contributed by atoms with van der Waals surface area (Å²) in [5, 5.41) is 4.49. The van der Waals surface area contributed by atoms with E-state index in [1.54, 1.807) is 12.4 Å². The number of ether oxygens (including phenoxy) is 1. The molecule has 0 spiro atoms. The smallest absolute Gasteiger partial charge is 0.266 e. The standard InChI is InChI=1S/C56H36B2N6O/c1-2-13-37(14-3-1)57(38-21-25-43-42-15-4-6-17-48(42)58(49(43)33-38)54-19-8-10-29-59-54)39-22-26-45-47-28-24-41(36-53(47)64(51(45)34-39)56-61-31-12-32-62-56)65-40-23-27-46-44-16-5-7-18-50(44)63(52(46)35-40)55-20-9-11-30-60-55/h1-36H. The van der Waals surface area contributed by atoms with Crippen molar-refractivity contribution in [1.82, 2.24) is 29.1 Å². The highest BCUT2D eigenvalue weighted by Gasteiger charge is 2.35. The number of aromatic nitrogens is 6. The third-order valence-electron chi connectivity index (χ3n) is 13.0. The van der Waals surface area contributed by atoms with E-state index in [1.807, 2.05) is 48.8 Å². The molecule has 0 fully saturated rings. The first-order valence-electron chi connectivity index (χ1n) is 21.9. The van der Waals surface area contributed by atoms with Gasteiger partial charge in [-0.05, 0) is 77.9 Å². The maximum Gasteiger partial charge on any atom is 0.266 e. The molecular formula is C56H36B2N6O. The summed E-state index contributed by atoms with van der Waals surface area (Å²) in [7, 11) is 0. The van der Waals surface area contributed by atoms with Crippen molar-refractivity contribution in [2.24, 2.45) is 0 Å². The van der Waals surface area contributed by atoms with Crippen LogP contribution in [0.15, 0.2) is 219 Å². The van der Waals surface area contributed by atoms with E-state index in [1.165, 1.54) is 38.4 Å². The van der Waals surface area contributed by atoms with Crippen molar-refractivity contribution in [2.75, 3.05) is 0 Å². The van der Waals surface area contributed by atoms with Crippen LogP contribution in [0, 0.1) is 0 Å². The molecule has 12 aromatic rings. The van der Waals surface area contributed by atoms with Crippen molar-refractivity contribution >= 4 is 89.9 Å². The van der Waals surface area contributed by atoms with Gasteiger partial charge in [0, 0.05) is 64.1 Å². The summed E-state index contributed by atoms with van der Waals surface area (Å²) in [4.78, 5) is 19.2. The van der Waals surface area contributed by atoms with E-state index >= 15 is 0 Å². The molecule has 1 aliphatic rings. The number of nitrogens with zero attached hydrogens (tertiary/aromatic N) is 6. The van der Waals surface area contributed by atoms with Crippen LogP contribution in [0.2, 0.25) is 0 Å². The van der Waals surface area contributed by atoms with Gasteiger partial charge in [-0.15, -0.1) is 0 Å². The molecule has 13 rings (SSSR count). The summed E-state index contributed by atoms with van der Waals surface area (Å²) >= 11 is 0. The van der Waals surface area contributed by atoms with E-state index in [0.29, 0.717) is 11.7 Å². The Balaban J connectivity index is 0.951. The second kappa shape index (κ2) is 15.1. The van der Waals surface area contributed by atoms with Crippen molar-refractivity contribution in [2.45, 2.75) is 0 Å². The maximum atomic E-state index is 6.75. The predicted octanol–water partition coefficient (Wildman–Crippen LogP) is 8.27. The quantitative estimate of drug-likeness (QED) is 0.144. The Morgan fingerprint density at radius 3 is 1.75 bits per heavy atom. The Labute approximate surface area is 375 Å². The predicted molar refractivity (Wildman–Crippen MR) is 267 cm³/mol. The molecule has 0 radical (unpaired) electrons. The average molecular weight is 831 g/mol. The zero-order chi connectivity index (χ0) is 42.8. The van der Waals surface area contributed by atoms with E-state index in [-0.39, 0.29) is 13.4 Å². The molecule has 7 nitrogen and oxygen atoms in total. The Hall–Kier alpha value is -8.55. The molecule has 9 heteroatoms. The third kappa shape index (κ3) is 6.08. The number of fused-ring (bicyclic) bond motifs is 9. The second-order valence-electron chi connectivity index (χ2n) is 16.6. The average Bonchev–Trinajstić information content (AvgIpc) is 4.00. The van der Waals surface area contributed by atoms with E-state index in [9.17, 15) is 0 Å². The van der Waals surface area contributed by atoms with Crippen molar-refractivity contribution in [3.05, 3.63) is 219 Å². The zero-order valence-electron chi connectivity index (χ0n) is 35.0. The molecule has 0 amide bonds. The molecule has 65 heavy (non-hydrogen) atoms. The fraction of sp³-hybridized carbons (Fsp3) is 0. The summed E-state index contributed by atoms with van der Waals surface area (Å²) in [6, 6.07) is 68.6. The lowest BCUT2D eigenvalue weighted by Crippen LogP contribution is -2.55. The van der Waals surface area contributed by atoms with E-state index < -0.39 is 0 Å². The first-order chi connectivity index (χ1) is 32.2. The van der Waals surface area contributed by atoms with Crippen molar-refractivity contribution in [3.63, 3.8) is 0 Å². The van der Waals surface area contributed by atoms with Gasteiger partial charge in [-0.25, -0.2) is 15.0 Å². The van der Waals surface area contributed by atoms with Crippen molar-refractivity contribution in [3.8, 4) is 34.4 Å². The monoisotopic (exact) mass is 830 g/mol. The number of para-hydroxylation sites is 1. The van der Waals surface area contributed by atoms with Gasteiger partial charge in [-0.2, -0.15) is 0 Å². The van der Waals surface area contributed by atoms with Gasteiger partial charge in [0.1, 0.15) is 17.3 Å². The van der Waals surface area contributed by atoms with Gasteiger partial charge < -0.3 is 4.74 Å². The Morgan fingerprint density at radius 2 is 0.985 bits per heavy atom. The maximum absolute atomic E-state index is 6.75. The van der Waals surface area contributed by atoms with Crippen molar-refractivity contribution < 1.29 is 4.74 Å². The van der Waals surface area contributed by atoms with Crippen LogP contribution in [0.5, 0.6) is 11.5 Å². The Kier molecular flexibility index (Phi) is 8.59. The third-order valence-corrected chi connectivity index (χ3v) is 13.0. The highest BCUT2D eigenvalue weighted by molar-refractivity contribution is 7.00. The summed E-state index contributed by atoms with van der Waals surface area (Å²) in [6.45, 7) is -0.0130. The molecular weight excluding hydrogens is 794 g/mol. The highest BCUT2D eigenvalue weighted by atomic mass is 16.5. The number of hydrogen-bond donors (Lipinski definition) is 0. The van der Waals surface area contributed by atoms with Crippen LogP contribution in [0.1, 0.15) is 0 Å². The molecule has 6 heterocycles. The van der Waals surface area contributed by atoms with Crippen molar-refractivity contribution in [1.29, 1.82) is 0 Å². The van der Waals surface area contributed by atoms with Crippen LogP contribution in [-0.2, 0) is 0 Å². The van der Waals surface area contributed by atoms with Crippen LogP contribution in [0.3, 0.4) is 0 Å². The van der Waals surface area contributed by atoms with Gasteiger partial charge in [0.05, 0.1) is 22.1 Å². The molecule has 7 aromatic carbocycles. The van der Waals surface area contributed by atoms with Crippen LogP contribution in [-0.4, -0.2) is 42.5 Å². The van der Waals surface area contributed by atoms with E-state index in [0.717, 1.165) is 60.8 Å². The van der Waals surface area contributed by atoms with Gasteiger partial charge in [0.15, 0.2) is 0 Å². The number of pyridine rings is 2. The molecule has 0 saturated carbocycles. The molecule has 0 atom stereocenters. The first kappa shape index (κ1) is 37.0. The molecule has 302 valence electrons. The summed E-state index contributed by atoms with van der Waals surface area (Å²) in [5.41, 5.74) is 13.8. The number of hydrogen-bond acceptors (Lipinski definition) is 5. The molecule has 0 bridgehead atoms. The van der Waals surface area contributed by atoms with Gasteiger partial charge in [0.2, 0.25) is 12.7 Å². The van der Waals surface area contributed by atoms with Crippen LogP contribution in [0.4, 0.5) is 0 Å². The first-order valence-corrected chi connectivity index (χ1v) is 21.9. The second-order valence-corrected chi connectivity index (χ2v) is 16.6. The summed E-state index contributed by atoms with van der Waals surface area (Å²) < 4.78 is 11.1. The molecule has 0 aliphatic carbocycles. The van der Waals surface area contributed by atoms with Crippen LogP contribution >= 0.6 is 0 Å². The van der Waals surface area contributed by atoms with Gasteiger partial charge in [-0.3, -0.25) is 14.1 Å². The lowest BCUT2D eigenvalue weighted by Gasteiger charge is -2.18. The molecule has 0 N–H and O–H groups in total. The molecule has 0 unspecified atom stereocenters. The lowest BCUT2D eigenvalue weighted by molar-refractivity contribution is 0.484. The van der Waals surface area contributed by atoms with E-state index in [2.05, 4.69) is 167 Å². The Bertz CT molecular complexity index is 3770. The summed E-state index contributed by atoms with van der Waals surface area (Å²) in [5.74, 6) is 2.88. The fourth-order valence-corrected chi connectivity index (χ4v) is 10.3. The minimum absolute atomic E-state index is 0.0448. The minimum Gasteiger partial charge on any atom is -0.457 e. The number of benzene rings is 7. The fourth-order valence-electron chi connectivity index (χ4n) is 10.3. The SMILES string of the molecule is c1ccc(B(c2ccc3c(c2)B(c2ccccn2)c2ccccc2-3)c2ccc3c4ccc(Oc5ccc6c7ccccc7n(-c7ccccn7)c6c5)cc4n(-c4ncccn4)c3c2)cc1. The normalized spacial score (nSPS) is 12.0. The van der Waals surface area contributed by atoms with Gasteiger partial charge in [0.25, 0.3) is 6.71 Å². The van der Waals surface area contributed by atoms with Gasteiger partial charge >= 0.3 is 0 Å². The van der Waals surface area contributed by atoms with Crippen LogP contribution < -0.4 is 37.6 Å². The summed E-state index contributed by atoms with van der Waals surface area (Å²) in [6.07, 6.45) is 7.33. The minimum atomic E-state index is -0.0577. The van der Waals surface area contributed by atoms with Crippen LogP contribution in [0.25, 0.3) is 66.5 Å². The zero-order valence-corrected chi connectivity index (χ0v) is 35.0. The van der Waals surface area contributed by atoms with Gasteiger partial charge in [-0.1, -0.05) is 143 Å². The molecule has 0 saturated heterocycles. The van der Waals surface area contributed by atoms with E-state index in [4.69, 9.17) is 24.7 Å².